The number of Topliss-reactive ketones (excluding diaryl/α,β-unsaturated/α-hetero) is 1. The number of benzene rings is 8. The molecule has 0 aromatic heterocycles. The van der Waals surface area contributed by atoms with Crippen molar-refractivity contribution in [2.45, 2.75) is 61.7 Å². The minimum Gasteiger partial charge on any atom is -1.00 e. The van der Waals surface area contributed by atoms with Crippen LogP contribution >= 0.6 is 37.2 Å². The molecular weight excluding hydrogens is 2180 g/mol. The number of cyclic esters (lactones) is 4. The zero-order valence-corrected chi connectivity index (χ0v) is 83.8. The Labute approximate surface area is 833 Å². The van der Waals surface area contributed by atoms with Crippen molar-refractivity contribution in [1.82, 2.24) is 0 Å². The van der Waals surface area contributed by atoms with E-state index in [0.29, 0.717) is 122 Å². The van der Waals surface area contributed by atoms with E-state index >= 15 is 0 Å². The van der Waals surface area contributed by atoms with Crippen LogP contribution in [0.2, 0.25) is 0 Å². The Kier molecular flexibility index (Phi) is 33.8. The predicted molar refractivity (Wildman–Crippen MR) is 470 cm³/mol. The van der Waals surface area contributed by atoms with Crippen LogP contribution in [0.3, 0.4) is 0 Å². The van der Waals surface area contributed by atoms with E-state index in [9.17, 15) is 71.1 Å². The number of methoxy groups -OCH3 is 8. The number of hydrogen-bond donors (Lipinski definition) is 5. The van der Waals surface area contributed by atoms with Gasteiger partial charge in [0, 0.05) is 108 Å². The number of aliphatic hydroxyl groups excluding tert-OH is 5. The van der Waals surface area contributed by atoms with Crippen LogP contribution < -0.4 is 123 Å². The molecule has 3 aliphatic carbocycles. The topological polar surface area (TPSA) is 414 Å². The van der Waals surface area contributed by atoms with Crippen LogP contribution in [0.15, 0.2) is 116 Å². The molecule has 4 fully saturated rings. The van der Waals surface area contributed by atoms with E-state index in [1.165, 1.54) is 74.0 Å². The maximum atomic E-state index is 13.3. The summed E-state index contributed by atoms with van der Waals surface area (Å²) in [5.74, 6) is -2.89. The molecular formula is C91H88BF3I3NaO33SV-. The van der Waals surface area contributed by atoms with Crippen molar-refractivity contribution in [1.29, 1.82) is 0 Å². The number of alkyl halides is 3. The number of carbonyl (C=O) groups excluding carboxylic acids is 5. The number of halogens is 6. The quantitative estimate of drug-likeness (QED) is 0.0111. The van der Waals surface area contributed by atoms with Gasteiger partial charge >= 0.3 is 120 Å². The Hall–Kier alpha value is -9.23. The minimum absolute atomic E-state index is 0. The number of fused-ring (bicyclic) bond motifs is 10. The maximum Gasteiger partial charge on any atom is 1.00 e. The van der Waals surface area contributed by atoms with E-state index in [4.69, 9.17) is 94.7 Å². The Bertz CT molecular complexity index is 5710. The fourth-order valence-corrected chi connectivity index (χ4v) is 19.5. The molecule has 13 atom stereocenters. The number of carbonyl (C=O) groups is 5. The molecule has 4 saturated heterocycles. The van der Waals surface area contributed by atoms with Crippen molar-refractivity contribution in [3.05, 3.63) is 200 Å². The molecule has 8 heterocycles. The third-order valence-electron chi connectivity index (χ3n) is 24.8. The molecule has 19 rings (SSSR count). The molecule has 134 heavy (non-hydrogen) atoms. The zero-order valence-electron chi connectivity index (χ0n) is 74.1. The Balaban J connectivity index is 0.000000170. The Morgan fingerprint density at radius 1 is 0.463 bits per heavy atom. The van der Waals surface area contributed by atoms with Gasteiger partial charge in [-0.15, -0.1) is 6.58 Å². The van der Waals surface area contributed by atoms with Crippen molar-refractivity contribution in [3.63, 3.8) is 0 Å². The molecule has 0 saturated carbocycles. The molecule has 6 unspecified atom stereocenters. The summed E-state index contributed by atoms with van der Waals surface area (Å²) in [6.07, 6.45) is 0.593. The molecule has 33 nitrogen and oxygen atoms in total. The third kappa shape index (κ3) is 19.3. The summed E-state index contributed by atoms with van der Waals surface area (Å²) in [5.41, 5.74) is 3.90. The monoisotopic (exact) mass is 2260 g/mol. The van der Waals surface area contributed by atoms with Crippen molar-refractivity contribution in [3.8, 4) is 97.7 Å². The molecule has 8 aliphatic heterocycles. The largest absolute Gasteiger partial charge is 1.00 e. The first-order chi connectivity index (χ1) is 63.1. The number of ketones is 1. The van der Waals surface area contributed by atoms with Gasteiger partial charge in [-0.2, -0.15) is 21.6 Å². The summed E-state index contributed by atoms with van der Waals surface area (Å²) in [7, 11) is 5.67. The van der Waals surface area contributed by atoms with Crippen LogP contribution in [-0.2, 0) is 93.2 Å². The average Bonchev–Trinajstić information content (AvgIpc) is 1.64. The molecule has 0 amide bonds. The summed E-state index contributed by atoms with van der Waals surface area (Å²) in [5, 5.41) is 50.7. The SMILES string of the molecule is C=C1c2cc3c(cc2C(c2cc(CO)c(OC)c(OC)c2)[C@@H]2C(=O)OC[C@H]12)OCO3.C=C[C@H]1COC(=O)C1C(c1cc(CO)c(OC)c(OC)c1)c1cc2c(cc1OS(=O)(=O)C(F)(F)F)OCO2.COc1cc(C2c3cc4c(cc3C(=O)[C@H]3COC(=O)[C@@H]23)OCO4)cc(CO)c1OC.COc1cc(C2c3cc4c(cc3C(O)[C@H]3COC(=O)[C@@H]23)OCO4)cc(CO)c1OC.I[I-]I.[B].[H-].[Na+].[V]. The number of esters is 4. The normalized spacial score (nSPS) is 22.1. The van der Waals surface area contributed by atoms with E-state index in [2.05, 4.69) is 54.6 Å². The van der Waals surface area contributed by atoms with Crippen LogP contribution in [0.25, 0.3) is 5.57 Å². The summed E-state index contributed by atoms with van der Waals surface area (Å²) in [6, 6.07) is 26.9. The van der Waals surface area contributed by atoms with Crippen LogP contribution in [0.5, 0.6) is 97.7 Å². The third-order valence-corrected chi connectivity index (χ3v) is 25.8. The number of rotatable bonds is 21. The van der Waals surface area contributed by atoms with Gasteiger partial charge in [0.25, 0.3) is 0 Å². The molecule has 0 spiro atoms. The molecule has 8 aromatic rings. The van der Waals surface area contributed by atoms with E-state index < -0.39 is 99.3 Å². The van der Waals surface area contributed by atoms with Gasteiger partial charge in [0.15, 0.2) is 104 Å². The van der Waals surface area contributed by atoms with Gasteiger partial charge in [-0.3, -0.25) is 24.0 Å². The van der Waals surface area contributed by atoms with Gasteiger partial charge < -0.3 is 126 Å². The van der Waals surface area contributed by atoms with Gasteiger partial charge in [-0.1, -0.05) is 12.7 Å². The number of ether oxygens (including phenoxy) is 20. The predicted octanol–water partition coefficient (Wildman–Crippen LogP) is 5.58. The first-order valence-electron chi connectivity index (χ1n) is 40.3. The zero-order chi connectivity index (χ0) is 93.5. The second-order valence-corrected chi connectivity index (χ2v) is 48.9. The molecule has 5 N–H and O–H groups in total. The van der Waals surface area contributed by atoms with Crippen molar-refractivity contribution in [2.24, 2.45) is 47.3 Å². The van der Waals surface area contributed by atoms with Crippen molar-refractivity contribution >= 4 is 91.0 Å². The van der Waals surface area contributed by atoms with Crippen LogP contribution in [0.1, 0.15) is 119 Å². The first-order valence-corrected chi connectivity index (χ1v) is 54.3. The second-order valence-electron chi connectivity index (χ2n) is 31.1. The summed E-state index contributed by atoms with van der Waals surface area (Å²) in [6.45, 7) is 7.23. The fourth-order valence-electron chi connectivity index (χ4n) is 19.0. The fraction of sp³-hybridized carbons (Fsp3) is 0.374. The van der Waals surface area contributed by atoms with E-state index in [1.807, 2.05) is 30.3 Å². The average molecular weight is 2260 g/mol. The summed E-state index contributed by atoms with van der Waals surface area (Å²) >= 11 is 5.30. The van der Waals surface area contributed by atoms with Crippen LogP contribution in [0, 0.1) is 47.3 Å². The second kappa shape index (κ2) is 43.6. The van der Waals surface area contributed by atoms with Crippen LogP contribution in [0.4, 0.5) is 13.2 Å². The number of hydrogen-bond acceptors (Lipinski definition) is 33. The van der Waals surface area contributed by atoms with E-state index in [-0.39, 0.29) is 200 Å². The maximum absolute atomic E-state index is 13.3. The van der Waals surface area contributed by atoms with E-state index in [0.717, 1.165) is 45.0 Å². The molecule has 8 aromatic carbocycles. The van der Waals surface area contributed by atoms with E-state index in [1.54, 1.807) is 49.6 Å². The van der Waals surface area contributed by atoms with Crippen molar-refractivity contribution in [2.75, 3.05) is 110 Å². The van der Waals surface area contributed by atoms with Gasteiger partial charge in [0.1, 0.15) is 6.61 Å². The first kappa shape index (κ1) is 104. The molecule has 11 aliphatic rings. The van der Waals surface area contributed by atoms with Gasteiger partial charge in [-0.05, 0) is 147 Å². The minimum atomic E-state index is -6.12. The summed E-state index contributed by atoms with van der Waals surface area (Å²) in [4.78, 5) is 64.3. The van der Waals surface area contributed by atoms with Crippen LogP contribution in [-0.4, -0.2) is 188 Å². The Morgan fingerprint density at radius 2 is 0.821 bits per heavy atom. The van der Waals surface area contributed by atoms with Gasteiger partial charge in [0.05, 0.1) is 139 Å². The van der Waals surface area contributed by atoms with Gasteiger partial charge in [0.2, 0.25) is 27.2 Å². The molecule has 43 heteroatoms. The molecule has 0 bridgehead atoms. The molecule has 4 radical (unpaired) electrons. The summed E-state index contributed by atoms with van der Waals surface area (Å²) < 4.78 is 177. The van der Waals surface area contributed by atoms with Crippen molar-refractivity contribution < 1.29 is 233 Å². The smallest absolute Gasteiger partial charge is 1.00 e. The standard InChI is InChI=1S/C24H23F3O10S.C23H22O7.C22H22O8.C22H20O8.B.I3.Na.V.H/c1-4-12-10-34-23(29)21(12)20(13-5-14(9-28)22(33-3)19(6-13)32-2)15-7-17-18(36-11-35-17)8-16(15)37-38(30,31)24(25,26)27;1-11-14-6-17-18(30-10-29-17)7-15(14)20(21-16(11)9-28-23(21)25)12-4-13(8-24)22(27-3)19(5-12)26-2;2*1-26-17-4-10(3-11(7-23)21(17)27-2)18-12-5-15-16(30-9-29-15)6-13(12)20(24)14-8-28-22(25)19(14)18;;1-3-2;;;/h4-8,12,20-21,28H,1,9-11H2,2-3H3;4-7,16,20-21,24H,1,8-10H2,2-3H3;3-6,14,18-20,23-24H,7-9H2,1-2H3;3-6,14,18-19,23H,7-9H2,1-2H3;;;;;/q;;;;;-1;+1;;-1/t12-,20?,21?;16-,20?,21-;14-,18?,19+,20?;14-,18?,19+;;;;;/m0100...../s1. The molecule has 708 valence electrons. The van der Waals surface area contributed by atoms with Gasteiger partial charge in [-0.25, -0.2) is 0 Å². The Morgan fingerprint density at radius 3 is 1.25 bits per heavy atom. The number of aliphatic hydroxyl groups is 5.